The van der Waals surface area contributed by atoms with Gasteiger partial charge < -0.3 is 0 Å². The minimum atomic E-state index is 0.932. The van der Waals surface area contributed by atoms with Gasteiger partial charge >= 0.3 is 0 Å². The van der Waals surface area contributed by atoms with Crippen LogP contribution in [0.4, 0.5) is 0 Å². The standard InChI is InChI=1S/C11H16S/c1-8-6-11(4-5-12)7-9(2)10(8)3/h6-7,12H,4-5H2,1-3H3. The SMILES string of the molecule is Cc1cc(CCS)cc(C)c1C. The molecule has 0 atom stereocenters. The summed E-state index contributed by atoms with van der Waals surface area (Å²) in [7, 11) is 0. The Morgan fingerprint density at radius 3 is 2.00 bits per heavy atom. The van der Waals surface area contributed by atoms with Crippen LogP contribution in [0.25, 0.3) is 0 Å². The molecule has 1 aromatic carbocycles. The summed E-state index contributed by atoms with van der Waals surface area (Å²) in [6.07, 6.45) is 1.07. The second kappa shape index (κ2) is 3.99. The molecular formula is C11H16S. The maximum absolute atomic E-state index is 4.23. The summed E-state index contributed by atoms with van der Waals surface area (Å²) < 4.78 is 0. The van der Waals surface area contributed by atoms with Crippen LogP contribution in [0.3, 0.4) is 0 Å². The van der Waals surface area contributed by atoms with E-state index in [1.54, 1.807) is 0 Å². The first-order chi connectivity index (χ1) is 5.65. The number of aryl methyl sites for hydroxylation is 3. The summed E-state index contributed by atoms with van der Waals surface area (Å²) in [6, 6.07) is 4.52. The van der Waals surface area contributed by atoms with Crippen LogP contribution in [0, 0.1) is 20.8 Å². The third-order valence-corrected chi connectivity index (χ3v) is 2.61. The highest BCUT2D eigenvalue weighted by Crippen LogP contribution is 2.15. The van der Waals surface area contributed by atoms with Crippen molar-refractivity contribution in [2.75, 3.05) is 5.75 Å². The lowest BCUT2D eigenvalue weighted by Crippen LogP contribution is -1.92. The number of rotatable bonds is 2. The fraction of sp³-hybridized carbons (Fsp3) is 0.455. The number of thiol groups is 1. The van der Waals surface area contributed by atoms with Gasteiger partial charge in [-0.25, -0.2) is 0 Å². The van der Waals surface area contributed by atoms with E-state index in [0.717, 1.165) is 12.2 Å². The zero-order chi connectivity index (χ0) is 9.14. The zero-order valence-corrected chi connectivity index (χ0v) is 8.91. The lowest BCUT2D eigenvalue weighted by atomic mass is 10.00. The fourth-order valence-corrected chi connectivity index (χ4v) is 1.66. The molecule has 0 bridgehead atoms. The quantitative estimate of drug-likeness (QED) is 0.664. The summed E-state index contributed by atoms with van der Waals surface area (Å²) in [6.45, 7) is 6.52. The second-order valence-corrected chi connectivity index (χ2v) is 3.78. The molecule has 0 radical (unpaired) electrons. The van der Waals surface area contributed by atoms with Crippen molar-refractivity contribution in [3.63, 3.8) is 0 Å². The Morgan fingerprint density at radius 2 is 1.58 bits per heavy atom. The molecule has 0 fully saturated rings. The second-order valence-electron chi connectivity index (χ2n) is 3.33. The zero-order valence-electron chi connectivity index (χ0n) is 8.02. The molecular weight excluding hydrogens is 164 g/mol. The third kappa shape index (κ3) is 2.04. The van der Waals surface area contributed by atoms with Crippen molar-refractivity contribution < 1.29 is 0 Å². The van der Waals surface area contributed by atoms with Gasteiger partial charge in [-0.15, -0.1) is 0 Å². The smallest absolute Gasteiger partial charge is 0.00574 e. The summed E-state index contributed by atoms with van der Waals surface area (Å²) in [5.74, 6) is 0.932. The van der Waals surface area contributed by atoms with E-state index in [0.29, 0.717) is 0 Å². The first-order valence-electron chi connectivity index (χ1n) is 4.32. The Morgan fingerprint density at radius 1 is 1.08 bits per heavy atom. The molecule has 66 valence electrons. The molecule has 1 aromatic rings. The van der Waals surface area contributed by atoms with Crippen LogP contribution in [0.1, 0.15) is 22.3 Å². The number of hydrogen-bond acceptors (Lipinski definition) is 1. The molecule has 0 aliphatic carbocycles. The molecule has 0 saturated heterocycles. The molecule has 0 aliphatic heterocycles. The lowest BCUT2D eigenvalue weighted by molar-refractivity contribution is 1.12. The average molecular weight is 180 g/mol. The van der Waals surface area contributed by atoms with Crippen LogP contribution >= 0.6 is 12.6 Å². The highest BCUT2D eigenvalue weighted by Gasteiger charge is 1.99. The maximum Gasteiger partial charge on any atom is -0.00574 e. The highest BCUT2D eigenvalue weighted by molar-refractivity contribution is 7.80. The molecule has 1 rings (SSSR count). The van der Waals surface area contributed by atoms with Gasteiger partial charge in [0, 0.05) is 0 Å². The van der Waals surface area contributed by atoms with Crippen LogP contribution < -0.4 is 0 Å². The van der Waals surface area contributed by atoms with Gasteiger partial charge in [0.15, 0.2) is 0 Å². The van der Waals surface area contributed by atoms with E-state index in [9.17, 15) is 0 Å². The van der Waals surface area contributed by atoms with E-state index >= 15 is 0 Å². The molecule has 0 unspecified atom stereocenters. The largest absolute Gasteiger partial charge is 0.179 e. The number of hydrogen-bond donors (Lipinski definition) is 1. The van der Waals surface area contributed by atoms with Crippen molar-refractivity contribution in [1.82, 2.24) is 0 Å². The predicted octanol–water partition coefficient (Wildman–Crippen LogP) is 3.08. The van der Waals surface area contributed by atoms with Crippen LogP contribution in [0.2, 0.25) is 0 Å². The predicted molar refractivity (Wildman–Crippen MR) is 58.2 cm³/mol. The summed E-state index contributed by atoms with van der Waals surface area (Å²) in [4.78, 5) is 0. The molecule has 0 amide bonds. The Balaban J connectivity index is 3.04. The summed E-state index contributed by atoms with van der Waals surface area (Å²) in [5, 5.41) is 0. The minimum absolute atomic E-state index is 0.932. The van der Waals surface area contributed by atoms with E-state index in [2.05, 4.69) is 45.5 Å². The van der Waals surface area contributed by atoms with Gasteiger partial charge in [-0.2, -0.15) is 12.6 Å². The Bertz CT molecular complexity index is 253. The molecule has 0 aliphatic rings. The van der Waals surface area contributed by atoms with Crippen LogP contribution in [0.15, 0.2) is 12.1 Å². The van der Waals surface area contributed by atoms with Gasteiger partial charge in [-0.05, 0) is 55.2 Å². The van der Waals surface area contributed by atoms with Crippen molar-refractivity contribution >= 4 is 12.6 Å². The van der Waals surface area contributed by atoms with E-state index in [4.69, 9.17) is 0 Å². The Labute approximate surface area is 80.4 Å². The van der Waals surface area contributed by atoms with Crippen molar-refractivity contribution in [2.24, 2.45) is 0 Å². The van der Waals surface area contributed by atoms with Crippen LogP contribution in [-0.4, -0.2) is 5.75 Å². The lowest BCUT2D eigenvalue weighted by Gasteiger charge is -2.07. The summed E-state index contributed by atoms with van der Waals surface area (Å²) >= 11 is 4.23. The van der Waals surface area contributed by atoms with E-state index in [1.165, 1.54) is 22.3 Å². The number of benzene rings is 1. The first-order valence-corrected chi connectivity index (χ1v) is 4.96. The molecule has 0 aromatic heterocycles. The molecule has 0 nitrogen and oxygen atoms in total. The van der Waals surface area contributed by atoms with Crippen molar-refractivity contribution in [3.8, 4) is 0 Å². The fourth-order valence-electron chi connectivity index (χ4n) is 1.40. The molecule has 0 heterocycles. The van der Waals surface area contributed by atoms with Gasteiger partial charge in [0.2, 0.25) is 0 Å². The van der Waals surface area contributed by atoms with Gasteiger partial charge in [0.05, 0.1) is 0 Å². The van der Waals surface area contributed by atoms with Crippen molar-refractivity contribution in [2.45, 2.75) is 27.2 Å². The van der Waals surface area contributed by atoms with Gasteiger partial charge in [0.1, 0.15) is 0 Å². The first kappa shape index (κ1) is 9.66. The maximum atomic E-state index is 4.23. The van der Waals surface area contributed by atoms with Crippen molar-refractivity contribution in [1.29, 1.82) is 0 Å². The van der Waals surface area contributed by atoms with Gasteiger partial charge in [0.25, 0.3) is 0 Å². The highest BCUT2D eigenvalue weighted by atomic mass is 32.1. The molecule has 0 saturated carbocycles. The molecule has 1 heteroatoms. The Hall–Kier alpha value is -0.430. The Kier molecular flexibility index (Phi) is 3.21. The van der Waals surface area contributed by atoms with E-state index < -0.39 is 0 Å². The molecule has 0 N–H and O–H groups in total. The monoisotopic (exact) mass is 180 g/mol. The minimum Gasteiger partial charge on any atom is -0.179 e. The van der Waals surface area contributed by atoms with Gasteiger partial charge in [-0.3, -0.25) is 0 Å². The molecule has 0 spiro atoms. The van der Waals surface area contributed by atoms with E-state index in [-0.39, 0.29) is 0 Å². The molecule has 12 heavy (non-hydrogen) atoms. The van der Waals surface area contributed by atoms with E-state index in [1.807, 2.05) is 0 Å². The van der Waals surface area contributed by atoms with Gasteiger partial charge in [-0.1, -0.05) is 12.1 Å². The summed E-state index contributed by atoms with van der Waals surface area (Å²) in [5.41, 5.74) is 5.61. The van der Waals surface area contributed by atoms with Crippen LogP contribution in [0.5, 0.6) is 0 Å². The third-order valence-electron chi connectivity index (χ3n) is 2.39. The average Bonchev–Trinajstić information content (AvgIpc) is 2.01. The van der Waals surface area contributed by atoms with Crippen LogP contribution in [-0.2, 0) is 6.42 Å². The topological polar surface area (TPSA) is 0 Å². The van der Waals surface area contributed by atoms with Crippen molar-refractivity contribution in [3.05, 3.63) is 34.4 Å². The normalized spacial score (nSPS) is 10.3.